The molecule has 3 heterocycles. The number of piperazine rings is 2. The number of hydrogen-bond donors (Lipinski definition) is 4. The van der Waals surface area contributed by atoms with Crippen LogP contribution in [0.2, 0.25) is 0 Å². The number of carbonyl (C=O) groups excluding carboxylic acids is 2. The molecule has 0 spiro atoms. The molecule has 2 fully saturated rings. The highest BCUT2D eigenvalue weighted by molar-refractivity contribution is 9.09. The molecule has 69 heavy (non-hydrogen) atoms. The second-order valence-corrected chi connectivity index (χ2v) is 19.5. The van der Waals surface area contributed by atoms with Gasteiger partial charge in [0.1, 0.15) is 22.3 Å². The van der Waals surface area contributed by atoms with Gasteiger partial charge in [-0.2, -0.15) is 14.9 Å². The van der Waals surface area contributed by atoms with Crippen molar-refractivity contribution < 1.29 is 18.4 Å². The van der Waals surface area contributed by atoms with Crippen molar-refractivity contribution >= 4 is 117 Å². The number of thioether (sulfide) groups is 1. The Morgan fingerprint density at radius 1 is 0.783 bits per heavy atom. The van der Waals surface area contributed by atoms with E-state index in [0.29, 0.717) is 37.9 Å². The number of halogens is 3. The van der Waals surface area contributed by atoms with Gasteiger partial charge in [0.2, 0.25) is 5.78 Å². The van der Waals surface area contributed by atoms with Gasteiger partial charge in [-0.3, -0.25) is 19.4 Å². The van der Waals surface area contributed by atoms with Crippen LogP contribution in [0.15, 0.2) is 102 Å². The smallest absolute Gasteiger partial charge is 0.206 e. The summed E-state index contributed by atoms with van der Waals surface area (Å²) in [5, 5.41) is 7.98. The number of thiocarbonyl (C=S) groups is 1. The molecule has 0 bridgehead atoms. The maximum absolute atomic E-state index is 13.5. The highest BCUT2D eigenvalue weighted by Crippen LogP contribution is 2.31. The largest absolute Gasteiger partial charge is 0.382 e. The van der Waals surface area contributed by atoms with Crippen molar-refractivity contribution in [3.05, 3.63) is 125 Å². The minimum absolute atomic E-state index is 0. The number of aromatic nitrogens is 1. The van der Waals surface area contributed by atoms with Gasteiger partial charge in [-0.15, -0.1) is 0 Å². The Balaban J connectivity index is 0.000000249. The number of hydrogen-bond acceptors (Lipinski definition) is 12. The van der Waals surface area contributed by atoms with Gasteiger partial charge >= 0.3 is 0 Å². The molecule has 0 amide bonds. The zero-order valence-electron chi connectivity index (χ0n) is 40.1. The van der Waals surface area contributed by atoms with Gasteiger partial charge in [0.25, 0.3) is 0 Å². The van der Waals surface area contributed by atoms with Gasteiger partial charge in [-0.25, -0.2) is 13.8 Å². The molecule has 4 aromatic carbocycles. The number of Topliss-reactive ketones (excluding diaryl/α,β-unsaturated/α-hetero) is 1. The Morgan fingerprint density at radius 2 is 1.26 bits per heavy atom. The number of ketones is 2. The Kier molecular flexibility index (Phi) is 23.9. The fourth-order valence-electron chi connectivity index (χ4n) is 7.47. The first-order chi connectivity index (χ1) is 32.7. The van der Waals surface area contributed by atoms with Crippen LogP contribution in [0.25, 0.3) is 0 Å². The molecule has 12 nitrogen and oxygen atoms in total. The molecule has 0 radical (unpaired) electrons. The first-order valence-corrected chi connectivity index (χ1v) is 26.2. The van der Waals surface area contributed by atoms with Gasteiger partial charge < -0.3 is 31.9 Å². The zero-order valence-corrected chi connectivity index (χ0v) is 45.5. The predicted molar refractivity (Wildman–Crippen MR) is 301 cm³/mol. The molecule has 0 saturated carbocycles. The van der Waals surface area contributed by atoms with E-state index in [9.17, 15) is 18.4 Å². The van der Waals surface area contributed by atoms with E-state index in [1.165, 1.54) is 83.7 Å². The summed E-state index contributed by atoms with van der Waals surface area (Å²) in [5.74, 6) is -0.251. The molecule has 372 valence electrons. The summed E-state index contributed by atoms with van der Waals surface area (Å²) in [6, 6.07) is 29.1. The van der Waals surface area contributed by atoms with Crippen molar-refractivity contribution in [3.8, 4) is 0 Å². The number of alkyl halides is 1. The molecule has 5 aromatic rings. The minimum atomic E-state index is -0.460. The van der Waals surface area contributed by atoms with Crippen molar-refractivity contribution in [1.29, 1.82) is 0 Å². The van der Waals surface area contributed by atoms with Crippen LogP contribution in [-0.2, 0) is 0 Å². The second-order valence-electron chi connectivity index (χ2n) is 16.2. The first-order valence-electron chi connectivity index (χ1n) is 22.9. The lowest BCUT2D eigenvalue weighted by molar-refractivity contribution is 0.102. The Labute approximate surface area is 431 Å². The Hall–Kier alpha value is -4.55. The summed E-state index contributed by atoms with van der Waals surface area (Å²) >= 11 is 10.9. The van der Waals surface area contributed by atoms with Gasteiger partial charge in [0.15, 0.2) is 21.2 Å². The number of nitrogens with zero attached hydrogens (tertiary/aromatic N) is 6. The number of nitrogens with two attached hydrogens (primary N) is 2. The molecule has 2 aliphatic rings. The van der Waals surface area contributed by atoms with Crippen molar-refractivity contribution in [2.75, 3.05) is 89.6 Å². The van der Waals surface area contributed by atoms with E-state index in [0.717, 1.165) is 69.5 Å². The molecule has 7 rings (SSSR count). The number of benzene rings is 4. The first kappa shape index (κ1) is 57.0. The van der Waals surface area contributed by atoms with Crippen LogP contribution in [0.4, 0.5) is 42.5 Å². The number of rotatable bonds is 14. The highest BCUT2D eigenvalue weighted by atomic mass is 79.9. The number of nitrogens with one attached hydrogen (secondary N) is 2. The number of thiazole rings is 1. The number of anilines is 6. The van der Waals surface area contributed by atoms with Crippen molar-refractivity contribution in [2.24, 2.45) is 10.7 Å². The van der Waals surface area contributed by atoms with E-state index in [1.807, 2.05) is 31.2 Å². The normalized spacial score (nSPS) is 15.0. The molecule has 19 heteroatoms. The van der Waals surface area contributed by atoms with Crippen molar-refractivity contribution in [1.82, 2.24) is 14.8 Å². The van der Waals surface area contributed by atoms with Crippen LogP contribution in [0, 0.1) is 11.6 Å². The molecule has 2 aliphatic heterocycles. The summed E-state index contributed by atoms with van der Waals surface area (Å²) < 4.78 is 26.0. The SMILES string of the molecule is CCC(C)N1CCN(c2ccc(Nc3nc(N)c(C(=O)c4cccc(F)c4)s3)cc2)CC1.CCSC(N)=NC(=S)Nc1ccc(N2CCN(C(C)CC)CC2)cc1.O=C(CBr)c1cccc(F)c1.P. The molecule has 6 N–H and O–H groups in total. The summed E-state index contributed by atoms with van der Waals surface area (Å²) in [5.41, 5.74) is 16.7. The van der Waals surface area contributed by atoms with Crippen LogP contribution >= 0.6 is 61.1 Å². The molecular weight excluding hydrogens is 1020 g/mol. The van der Waals surface area contributed by atoms with Gasteiger partial charge in [0, 0.05) is 98.3 Å². The summed E-state index contributed by atoms with van der Waals surface area (Å²) in [6.07, 6.45) is 2.39. The topological polar surface area (TPSA) is 148 Å². The average molecular weight is 1080 g/mol. The van der Waals surface area contributed by atoms with Gasteiger partial charge in [0.05, 0.1) is 5.33 Å². The van der Waals surface area contributed by atoms with Crippen LogP contribution in [0.1, 0.15) is 73.1 Å². The lowest BCUT2D eigenvalue weighted by Gasteiger charge is -2.39. The number of carbonyl (C=O) groups is 2. The molecule has 0 aliphatic carbocycles. The maximum atomic E-state index is 13.5. The van der Waals surface area contributed by atoms with Gasteiger partial charge in [-0.1, -0.05) is 84.1 Å². The minimum Gasteiger partial charge on any atom is -0.382 e. The average Bonchev–Trinajstić information content (AvgIpc) is 3.72. The molecule has 1 aromatic heterocycles. The molecular formula is C50H66BrF2N10O2PS3. The van der Waals surface area contributed by atoms with Crippen molar-refractivity contribution in [2.45, 2.75) is 59.5 Å². The third kappa shape index (κ3) is 17.7. The summed E-state index contributed by atoms with van der Waals surface area (Å²) in [6.45, 7) is 19.7. The lowest BCUT2D eigenvalue weighted by Crippen LogP contribution is -2.49. The Morgan fingerprint density at radius 3 is 1.72 bits per heavy atom. The maximum Gasteiger partial charge on any atom is 0.206 e. The van der Waals surface area contributed by atoms with Gasteiger partial charge in [-0.05, 0) is 117 Å². The zero-order chi connectivity index (χ0) is 49.2. The fourth-order valence-corrected chi connectivity index (χ4v) is 9.39. The van der Waals surface area contributed by atoms with E-state index >= 15 is 0 Å². The van der Waals surface area contributed by atoms with Crippen LogP contribution in [0.3, 0.4) is 0 Å². The summed E-state index contributed by atoms with van der Waals surface area (Å²) in [7, 11) is 0. The molecule has 3 atom stereocenters. The van der Waals surface area contributed by atoms with Crippen molar-refractivity contribution in [3.63, 3.8) is 0 Å². The van der Waals surface area contributed by atoms with Crippen LogP contribution in [-0.4, -0.2) is 112 Å². The Bertz CT molecular complexity index is 2430. The van der Waals surface area contributed by atoms with E-state index in [4.69, 9.17) is 23.7 Å². The van der Waals surface area contributed by atoms with E-state index in [1.54, 1.807) is 12.1 Å². The van der Waals surface area contributed by atoms with E-state index < -0.39 is 5.82 Å². The highest BCUT2D eigenvalue weighted by Gasteiger charge is 2.22. The van der Waals surface area contributed by atoms with Crippen LogP contribution in [0.5, 0.6) is 0 Å². The molecule has 2 saturated heterocycles. The third-order valence-corrected chi connectivity index (χ3v) is 14.1. The number of aliphatic imine (C=N–C) groups is 1. The fraction of sp³-hybridized carbons (Fsp3) is 0.380. The quantitative estimate of drug-likeness (QED) is 0.0209. The second kappa shape index (κ2) is 29.0. The number of nitrogen functional groups attached to an aromatic ring is 1. The van der Waals surface area contributed by atoms with Crippen LogP contribution < -0.4 is 31.9 Å². The monoisotopic (exact) mass is 1080 g/mol. The van der Waals surface area contributed by atoms with E-state index in [2.05, 4.69) is 108 Å². The lowest BCUT2D eigenvalue weighted by atomic mass is 10.1. The summed E-state index contributed by atoms with van der Waals surface area (Å²) in [4.78, 5) is 42.3. The predicted octanol–water partition coefficient (Wildman–Crippen LogP) is 10.6. The number of amidine groups is 1. The van der Waals surface area contributed by atoms with E-state index in [-0.39, 0.29) is 44.0 Å². The third-order valence-electron chi connectivity index (χ3n) is 11.7. The standard InChI is InChI=1S/C24H28FN5OS.C18H29N5S2.C8H6BrFO.H3P/c1-3-16(2)29-11-13-30(14-12-29)20-9-7-19(8-10-20)27-24-28-23(26)22(32-24)21(31)17-5-4-6-18(25)15-17;1-4-14(3)22-10-12-23(13-11-22)16-8-6-15(7-9-16)20-18(24)21-17(19)25-5-2;9-5-8(11)6-2-1-3-7(10)4-6;/h4-10,15-16H,3,11-14,26H2,1-2H3,(H,27,28);6-9,14H,4-5,10-13H2,1-3H3,(H3,19,20,21,24);1-4H,5H2;1H3. The molecule has 3 unspecified atom stereocenters.